The van der Waals surface area contributed by atoms with Crippen molar-refractivity contribution in [2.24, 2.45) is 0 Å². The summed E-state index contributed by atoms with van der Waals surface area (Å²) in [6, 6.07) is 0. The highest BCUT2D eigenvalue weighted by molar-refractivity contribution is 8.69. The number of esters is 1. The average molecular weight is 150 g/mol. The van der Waals surface area contributed by atoms with Gasteiger partial charge in [0.2, 0.25) is 0 Å². The van der Waals surface area contributed by atoms with E-state index in [0.717, 1.165) is 6.42 Å². The molecule has 1 atom stereocenters. The van der Waals surface area contributed by atoms with Crippen molar-refractivity contribution >= 4 is 28.4 Å². The van der Waals surface area contributed by atoms with Crippen LogP contribution in [0.25, 0.3) is 0 Å². The first-order valence-electron chi connectivity index (χ1n) is 2.31. The van der Waals surface area contributed by atoms with Gasteiger partial charge in [-0.2, -0.15) is 0 Å². The molecular formula is C4H6O2S2. The molecule has 0 aromatic heterocycles. The fraction of sp³-hybridized carbons (Fsp3) is 0.750. The molecule has 1 rings (SSSR count). The molecule has 1 aliphatic rings. The zero-order valence-corrected chi connectivity index (χ0v) is 5.87. The Bertz CT molecular complexity index is 104. The van der Waals surface area contributed by atoms with Gasteiger partial charge in [0.1, 0.15) is 5.25 Å². The van der Waals surface area contributed by atoms with Crippen molar-refractivity contribution in [1.29, 1.82) is 0 Å². The second-order valence-corrected chi connectivity index (χ2v) is 2.96. The maximum absolute atomic E-state index is 10.5. The largest absolute Gasteiger partial charge is 0.465 e. The van der Waals surface area contributed by atoms with Crippen molar-refractivity contribution < 1.29 is 9.53 Å². The highest BCUT2D eigenvalue weighted by atomic mass is 33.1. The summed E-state index contributed by atoms with van der Waals surface area (Å²) in [5, 5.41) is -0.0154. The molecule has 0 N–H and O–H groups in total. The second-order valence-electron chi connectivity index (χ2n) is 1.55. The van der Waals surface area contributed by atoms with Gasteiger partial charge in [-0.1, -0.05) is 10.8 Å². The van der Waals surface area contributed by atoms with E-state index in [0.29, 0.717) is 6.61 Å². The van der Waals surface area contributed by atoms with E-state index in [1.165, 1.54) is 10.8 Å². The Hall–Kier alpha value is 0.170. The zero-order chi connectivity index (χ0) is 5.98. The molecule has 0 amide bonds. The number of cyclic esters (lactones) is 1. The van der Waals surface area contributed by atoms with Crippen LogP contribution in [-0.2, 0) is 9.53 Å². The molecule has 0 aromatic rings. The predicted octanol–water partition coefficient (Wildman–Crippen LogP) is 0.880. The molecular weight excluding hydrogens is 144 g/mol. The molecule has 1 heterocycles. The second kappa shape index (κ2) is 2.64. The Balaban J connectivity index is 2.42. The van der Waals surface area contributed by atoms with Crippen LogP contribution < -0.4 is 0 Å². The normalized spacial score (nSPS) is 28.1. The van der Waals surface area contributed by atoms with Crippen molar-refractivity contribution in [3.8, 4) is 0 Å². The zero-order valence-electron chi connectivity index (χ0n) is 4.16. The van der Waals surface area contributed by atoms with Gasteiger partial charge in [-0.15, -0.1) is 11.7 Å². The molecule has 0 aliphatic carbocycles. The van der Waals surface area contributed by atoms with Gasteiger partial charge in [0.15, 0.2) is 0 Å². The van der Waals surface area contributed by atoms with E-state index in [-0.39, 0.29) is 11.2 Å². The Morgan fingerprint density at radius 3 is 2.88 bits per heavy atom. The number of hydrogen-bond acceptors (Lipinski definition) is 4. The lowest BCUT2D eigenvalue weighted by Gasteiger charge is -1.94. The molecule has 8 heavy (non-hydrogen) atoms. The minimum atomic E-state index is -0.120. The average Bonchev–Trinajstić information content (AvgIpc) is 2.14. The molecule has 46 valence electrons. The summed E-state index contributed by atoms with van der Waals surface area (Å²) in [7, 11) is 1.26. The molecule has 0 aromatic carbocycles. The van der Waals surface area contributed by atoms with Crippen LogP contribution >= 0.6 is 22.5 Å². The van der Waals surface area contributed by atoms with Gasteiger partial charge in [0, 0.05) is 6.42 Å². The van der Waals surface area contributed by atoms with Crippen LogP contribution in [-0.4, -0.2) is 17.8 Å². The monoisotopic (exact) mass is 150 g/mol. The molecule has 0 spiro atoms. The summed E-state index contributed by atoms with van der Waals surface area (Å²) in [4.78, 5) is 10.5. The molecule has 1 saturated heterocycles. The third-order valence-corrected chi connectivity index (χ3v) is 2.46. The summed E-state index contributed by atoms with van der Waals surface area (Å²) in [6.07, 6.45) is 0.813. The summed E-state index contributed by atoms with van der Waals surface area (Å²) < 4.78 is 4.65. The molecule has 4 heteroatoms. The minimum Gasteiger partial charge on any atom is -0.465 e. The lowest BCUT2D eigenvalue weighted by molar-refractivity contribution is -0.137. The Morgan fingerprint density at radius 1 is 1.88 bits per heavy atom. The standard InChI is InChI=1S/C4H6O2S2/c5-4-3(8-7)1-2-6-4/h3,7H,1-2H2. The molecule has 2 nitrogen and oxygen atoms in total. The van der Waals surface area contributed by atoms with Gasteiger partial charge >= 0.3 is 5.97 Å². The van der Waals surface area contributed by atoms with E-state index in [1.807, 2.05) is 0 Å². The number of carbonyl (C=O) groups excluding carboxylic acids is 1. The smallest absolute Gasteiger partial charge is 0.320 e. The summed E-state index contributed by atoms with van der Waals surface area (Å²) in [6.45, 7) is 0.567. The van der Waals surface area contributed by atoms with Crippen LogP contribution in [0.15, 0.2) is 0 Å². The van der Waals surface area contributed by atoms with Crippen LogP contribution in [0.2, 0.25) is 0 Å². The first kappa shape index (κ1) is 6.29. The quantitative estimate of drug-likeness (QED) is 0.341. The number of hydrogen-bond donors (Lipinski definition) is 1. The Labute approximate surface area is 56.8 Å². The number of ether oxygens (including phenoxy) is 1. The van der Waals surface area contributed by atoms with Crippen molar-refractivity contribution in [2.45, 2.75) is 11.7 Å². The van der Waals surface area contributed by atoms with Gasteiger partial charge in [0.05, 0.1) is 6.61 Å². The molecule has 0 saturated carbocycles. The predicted molar refractivity (Wildman–Crippen MR) is 35.9 cm³/mol. The fourth-order valence-electron chi connectivity index (χ4n) is 0.573. The first-order chi connectivity index (χ1) is 3.84. The Morgan fingerprint density at radius 2 is 2.62 bits per heavy atom. The minimum absolute atomic E-state index is 0.0154. The fourth-order valence-corrected chi connectivity index (χ4v) is 1.50. The van der Waals surface area contributed by atoms with E-state index in [4.69, 9.17) is 0 Å². The SMILES string of the molecule is O=C1OCCC1SS. The van der Waals surface area contributed by atoms with Gasteiger partial charge in [-0.05, 0) is 0 Å². The van der Waals surface area contributed by atoms with E-state index in [9.17, 15) is 4.79 Å². The maximum Gasteiger partial charge on any atom is 0.320 e. The van der Waals surface area contributed by atoms with E-state index in [2.05, 4.69) is 16.4 Å². The Kier molecular flexibility index (Phi) is 2.08. The summed E-state index contributed by atoms with van der Waals surface area (Å²) in [5.74, 6) is -0.120. The highest BCUT2D eigenvalue weighted by Crippen LogP contribution is 2.23. The lowest BCUT2D eigenvalue weighted by Crippen LogP contribution is -2.06. The van der Waals surface area contributed by atoms with Gasteiger partial charge in [-0.3, -0.25) is 4.79 Å². The molecule has 0 radical (unpaired) electrons. The van der Waals surface area contributed by atoms with Gasteiger partial charge in [0.25, 0.3) is 0 Å². The van der Waals surface area contributed by atoms with E-state index >= 15 is 0 Å². The molecule has 1 aliphatic heterocycles. The van der Waals surface area contributed by atoms with Crippen molar-refractivity contribution in [1.82, 2.24) is 0 Å². The third kappa shape index (κ3) is 1.11. The molecule has 0 bridgehead atoms. The van der Waals surface area contributed by atoms with Crippen molar-refractivity contribution in [3.63, 3.8) is 0 Å². The van der Waals surface area contributed by atoms with E-state index in [1.54, 1.807) is 0 Å². The van der Waals surface area contributed by atoms with E-state index < -0.39 is 0 Å². The van der Waals surface area contributed by atoms with Crippen LogP contribution in [0.5, 0.6) is 0 Å². The number of thiol groups is 1. The number of rotatable bonds is 1. The maximum atomic E-state index is 10.5. The van der Waals surface area contributed by atoms with Crippen molar-refractivity contribution in [3.05, 3.63) is 0 Å². The molecule has 1 unspecified atom stereocenters. The highest BCUT2D eigenvalue weighted by Gasteiger charge is 2.25. The van der Waals surface area contributed by atoms with Crippen LogP contribution in [0.3, 0.4) is 0 Å². The van der Waals surface area contributed by atoms with Gasteiger partial charge in [-0.25, -0.2) is 0 Å². The van der Waals surface area contributed by atoms with Crippen LogP contribution in [0, 0.1) is 0 Å². The summed E-state index contributed by atoms with van der Waals surface area (Å²) in [5.41, 5.74) is 0. The third-order valence-electron chi connectivity index (χ3n) is 1.01. The first-order valence-corrected chi connectivity index (χ1v) is 4.24. The summed E-state index contributed by atoms with van der Waals surface area (Å²) >= 11 is 3.89. The van der Waals surface area contributed by atoms with Crippen LogP contribution in [0.1, 0.15) is 6.42 Å². The topological polar surface area (TPSA) is 26.3 Å². The molecule has 1 fully saturated rings. The van der Waals surface area contributed by atoms with Gasteiger partial charge < -0.3 is 4.74 Å². The number of carbonyl (C=O) groups is 1. The van der Waals surface area contributed by atoms with Crippen molar-refractivity contribution in [2.75, 3.05) is 6.61 Å². The van der Waals surface area contributed by atoms with Crippen LogP contribution in [0.4, 0.5) is 0 Å². The lowest BCUT2D eigenvalue weighted by atomic mass is 10.4.